The van der Waals surface area contributed by atoms with E-state index in [1.54, 1.807) is 10.9 Å². The Balaban J connectivity index is 2.98. The van der Waals surface area contributed by atoms with Crippen molar-refractivity contribution in [3.05, 3.63) is 18.2 Å². The number of carboxylic acids is 1. The molecule has 1 rings (SSSR count). The van der Waals surface area contributed by atoms with Gasteiger partial charge >= 0.3 is 5.97 Å². The third-order valence-electron chi connectivity index (χ3n) is 1.95. The van der Waals surface area contributed by atoms with E-state index in [1.807, 2.05) is 13.8 Å². The van der Waals surface area contributed by atoms with E-state index < -0.39 is 5.97 Å². The Morgan fingerprint density at radius 3 is 3.00 bits per heavy atom. The van der Waals surface area contributed by atoms with Gasteiger partial charge in [0, 0.05) is 6.04 Å². The summed E-state index contributed by atoms with van der Waals surface area (Å²) in [6.07, 6.45) is 3.82. The topological polar surface area (TPSA) is 55.1 Å². The Morgan fingerprint density at radius 1 is 1.83 bits per heavy atom. The van der Waals surface area contributed by atoms with Gasteiger partial charge in [0.05, 0.1) is 12.5 Å². The highest BCUT2D eigenvalue weighted by Gasteiger charge is 2.12. The van der Waals surface area contributed by atoms with Gasteiger partial charge in [-0.2, -0.15) is 0 Å². The van der Waals surface area contributed by atoms with Gasteiger partial charge in [-0.05, 0) is 13.3 Å². The summed E-state index contributed by atoms with van der Waals surface area (Å²) in [6, 6.07) is 0.193. The van der Waals surface area contributed by atoms with Crippen molar-refractivity contribution in [3.8, 4) is 0 Å². The second-order valence-electron chi connectivity index (χ2n) is 2.75. The first-order chi connectivity index (χ1) is 5.66. The summed E-state index contributed by atoms with van der Waals surface area (Å²) < 4.78 is 1.67. The van der Waals surface area contributed by atoms with Crippen molar-refractivity contribution in [2.75, 3.05) is 0 Å². The summed E-state index contributed by atoms with van der Waals surface area (Å²) in [7, 11) is 0. The van der Waals surface area contributed by atoms with E-state index in [0.717, 1.165) is 6.42 Å². The van der Waals surface area contributed by atoms with Gasteiger partial charge in [-0.1, -0.05) is 6.92 Å². The zero-order valence-corrected chi connectivity index (χ0v) is 7.19. The van der Waals surface area contributed by atoms with E-state index in [9.17, 15) is 4.79 Å². The van der Waals surface area contributed by atoms with E-state index >= 15 is 0 Å². The van der Waals surface area contributed by atoms with Crippen LogP contribution in [0.25, 0.3) is 0 Å². The van der Waals surface area contributed by atoms with Crippen molar-refractivity contribution < 1.29 is 9.90 Å². The zero-order valence-electron chi connectivity index (χ0n) is 7.19. The van der Waals surface area contributed by atoms with E-state index in [4.69, 9.17) is 5.11 Å². The summed E-state index contributed by atoms with van der Waals surface area (Å²) in [5.41, 5.74) is 0.254. The fourth-order valence-corrected chi connectivity index (χ4v) is 1.02. The van der Waals surface area contributed by atoms with Crippen molar-refractivity contribution in [3.63, 3.8) is 0 Å². The van der Waals surface area contributed by atoms with Crippen LogP contribution in [-0.2, 0) is 0 Å². The van der Waals surface area contributed by atoms with E-state index in [-0.39, 0.29) is 11.7 Å². The SMILES string of the molecule is CCC(C)n1cncc1C(=O)O. The van der Waals surface area contributed by atoms with Crippen LogP contribution in [-0.4, -0.2) is 20.6 Å². The lowest BCUT2D eigenvalue weighted by Crippen LogP contribution is -2.10. The van der Waals surface area contributed by atoms with Crippen LogP contribution in [0.15, 0.2) is 12.5 Å². The maximum absolute atomic E-state index is 10.6. The number of hydrogen-bond donors (Lipinski definition) is 1. The molecule has 0 aliphatic carbocycles. The number of aromatic carboxylic acids is 1. The second-order valence-corrected chi connectivity index (χ2v) is 2.75. The van der Waals surface area contributed by atoms with E-state index in [2.05, 4.69) is 4.98 Å². The smallest absolute Gasteiger partial charge is 0.354 e. The van der Waals surface area contributed by atoms with Gasteiger partial charge in [0.1, 0.15) is 5.69 Å². The van der Waals surface area contributed by atoms with Crippen LogP contribution in [0.3, 0.4) is 0 Å². The largest absolute Gasteiger partial charge is 0.477 e. The van der Waals surface area contributed by atoms with Gasteiger partial charge in [0.15, 0.2) is 0 Å². The first kappa shape index (κ1) is 8.77. The first-order valence-corrected chi connectivity index (χ1v) is 3.92. The number of carboxylic acid groups (broad SMARTS) is 1. The predicted molar refractivity (Wildman–Crippen MR) is 44.2 cm³/mol. The fraction of sp³-hybridized carbons (Fsp3) is 0.500. The molecule has 1 unspecified atom stereocenters. The molecule has 0 aliphatic rings. The van der Waals surface area contributed by atoms with Gasteiger partial charge < -0.3 is 9.67 Å². The Kier molecular flexibility index (Phi) is 2.47. The Hall–Kier alpha value is -1.32. The molecule has 0 fully saturated rings. The van der Waals surface area contributed by atoms with Gasteiger partial charge in [-0.3, -0.25) is 0 Å². The van der Waals surface area contributed by atoms with Crippen molar-refractivity contribution in [1.29, 1.82) is 0 Å². The molecule has 0 radical (unpaired) electrons. The van der Waals surface area contributed by atoms with Crippen LogP contribution < -0.4 is 0 Å². The van der Waals surface area contributed by atoms with Crippen molar-refractivity contribution in [2.24, 2.45) is 0 Å². The van der Waals surface area contributed by atoms with Crippen molar-refractivity contribution in [1.82, 2.24) is 9.55 Å². The van der Waals surface area contributed by atoms with E-state index in [1.165, 1.54) is 6.20 Å². The first-order valence-electron chi connectivity index (χ1n) is 3.92. The molecule has 1 aromatic rings. The third-order valence-corrected chi connectivity index (χ3v) is 1.95. The van der Waals surface area contributed by atoms with Crippen LogP contribution in [0.5, 0.6) is 0 Å². The molecule has 0 aliphatic heterocycles. The van der Waals surface area contributed by atoms with Crippen LogP contribution in [0.2, 0.25) is 0 Å². The molecule has 4 heteroatoms. The highest BCUT2D eigenvalue weighted by Crippen LogP contribution is 2.12. The molecular weight excluding hydrogens is 156 g/mol. The number of imidazole rings is 1. The van der Waals surface area contributed by atoms with Crippen LogP contribution >= 0.6 is 0 Å². The fourth-order valence-electron chi connectivity index (χ4n) is 1.02. The van der Waals surface area contributed by atoms with Crippen molar-refractivity contribution >= 4 is 5.97 Å². The molecule has 1 N–H and O–H groups in total. The minimum absolute atomic E-state index is 0.193. The lowest BCUT2D eigenvalue weighted by Gasteiger charge is -2.11. The summed E-state index contributed by atoms with van der Waals surface area (Å²) in [5.74, 6) is -0.923. The predicted octanol–water partition coefficient (Wildman–Crippen LogP) is 1.55. The lowest BCUT2D eigenvalue weighted by molar-refractivity contribution is 0.0683. The average molecular weight is 168 g/mol. The minimum Gasteiger partial charge on any atom is -0.477 e. The highest BCUT2D eigenvalue weighted by atomic mass is 16.4. The van der Waals surface area contributed by atoms with Crippen molar-refractivity contribution in [2.45, 2.75) is 26.3 Å². The Morgan fingerprint density at radius 2 is 2.50 bits per heavy atom. The number of carbonyl (C=O) groups is 1. The Bertz CT molecular complexity index is 280. The molecule has 12 heavy (non-hydrogen) atoms. The highest BCUT2D eigenvalue weighted by molar-refractivity contribution is 5.85. The van der Waals surface area contributed by atoms with Crippen LogP contribution in [0, 0.1) is 0 Å². The molecule has 0 amide bonds. The molecule has 4 nitrogen and oxygen atoms in total. The molecule has 0 saturated heterocycles. The number of aromatic nitrogens is 2. The number of hydrogen-bond acceptors (Lipinski definition) is 2. The molecule has 1 heterocycles. The monoisotopic (exact) mass is 168 g/mol. The normalized spacial score (nSPS) is 12.8. The average Bonchev–Trinajstić information content (AvgIpc) is 2.50. The van der Waals surface area contributed by atoms with Crippen LogP contribution in [0.1, 0.15) is 36.8 Å². The molecule has 0 aromatic carbocycles. The molecular formula is C8H12N2O2. The summed E-state index contributed by atoms with van der Waals surface area (Å²) in [4.78, 5) is 14.4. The molecule has 66 valence electrons. The lowest BCUT2D eigenvalue weighted by atomic mass is 10.2. The maximum Gasteiger partial charge on any atom is 0.354 e. The molecule has 1 atom stereocenters. The second kappa shape index (κ2) is 3.38. The van der Waals surface area contributed by atoms with Crippen LogP contribution in [0.4, 0.5) is 0 Å². The van der Waals surface area contributed by atoms with Gasteiger partial charge in [0.25, 0.3) is 0 Å². The summed E-state index contributed by atoms with van der Waals surface area (Å²) in [6.45, 7) is 3.98. The molecule has 0 saturated carbocycles. The maximum atomic E-state index is 10.6. The van der Waals surface area contributed by atoms with Gasteiger partial charge in [-0.15, -0.1) is 0 Å². The van der Waals surface area contributed by atoms with E-state index in [0.29, 0.717) is 0 Å². The molecule has 1 aromatic heterocycles. The zero-order chi connectivity index (χ0) is 9.14. The minimum atomic E-state index is -0.923. The van der Waals surface area contributed by atoms with Gasteiger partial charge in [-0.25, -0.2) is 9.78 Å². The third kappa shape index (κ3) is 1.47. The summed E-state index contributed by atoms with van der Waals surface area (Å²) in [5, 5.41) is 8.74. The molecule has 0 spiro atoms. The standard InChI is InChI=1S/C8H12N2O2/c1-3-6(2)10-5-9-4-7(10)8(11)12/h4-6H,3H2,1-2H3,(H,11,12). The molecule has 0 bridgehead atoms. The quantitative estimate of drug-likeness (QED) is 0.745. The summed E-state index contributed by atoms with van der Waals surface area (Å²) >= 11 is 0. The number of rotatable bonds is 3. The van der Waals surface area contributed by atoms with Gasteiger partial charge in [0.2, 0.25) is 0 Å². The number of nitrogens with zero attached hydrogens (tertiary/aromatic N) is 2. The Labute approximate surface area is 70.9 Å².